The Morgan fingerprint density at radius 3 is 1.56 bits per heavy atom. The van der Waals surface area contributed by atoms with Gasteiger partial charge in [0.05, 0.1) is 12.2 Å². The molecule has 0 aliphatic carbocycles. The first-order valence-corrected chi connectivity index (χ1v) is 30.2. The minimum absolute atomic E-state index is 0.0396. The summed E-state index contributed by atoms with van der Waals surface area (Å²) in [4.78, 5) is 134. The summed E-state index contributed by atoms with van der Waals surface area (Å²) < 4.78 is 26.7. The van der Waals surface area contributed by atoms with E-state index in [0.717, 1.165) is 0 Å². The minimum Gasteiger partial charge on any atom is -0.508 e. The highest BCUT2D eigenvalue weighted by atomic mass is 16.6. The number of aliphatic hydroxyl groups excluding tert-OH is 2. The SMILES string of the molecule is CC(C)(C)OC(=O)NCC(O)CNC(=O)[C@H](CCCCNC(=O)[C@H](CCCNC(=O)[C@@H]1Cc2cccc(c2)-c2ccc(O)c(c2)C[C@H](NC(=O)OC(C)(C)C)C(=O)N[C@@H](C[C@@H](O)CNC(=O)OC(C)(C)C)C(=O)N1)NC(=O)OC(C)(C)C)NC(=O)OC(C)(C)C. The maximum atomic E-state index is 14.6. The smallest absolute Gasteiger partial charge is 0.408 e. The third-order valence-electron chi connectivity index (χ3n) is 12.5. The number of carbonyl (C=O) groups is 10. The Morgan fingerprint density at radius 2 is 1.00 bits per heavy atom. The molecule has 0 saturated heterocycles. The summed E-state index contributed by atoms with van der Waals surface area (Å²) in [6.07, 6.45) is -7.36. The molecule has 1 aliphatic heterocycles. The standard InChI is InChI=1S/C62H98N10O18/c1-58(2,3)86-53(81)66-33-40(73)32-46-52(80)68-44(29-36-20-18-21-37(28-36)38-24-25-47(75)39(30-38)31-45(51(79)69-46)72-57(85)90-62(13,14)15)50(78)64-27-19-23-43(71-56(84)89-61(10,11)12)48(76)63-26-17-16-22-42(70-55(83)88-60(7,8)9)49(77)65-34-41(74)35-67-54(82)87-59(4,5)6/h18,20-21,24-25,28,30,40-46,73-75H,16-17,19,22-23,26-27,29,31-35H2,1-15H3,(H,63,76)(H,64,78)(H,65,77)(H,66,81)(H,67,82)(H,68,80)(H,69,79)(H,70,83)(H,71,84)(H,72,85)/t40-,41?,42+,43+,44+,45+,46+/m1/s1. The Bertz CT molecular complexity index is 2780. The fourth-order valence-corrected chi connectivity index (χ4v) is 8.59. The highest BCUT2D eigenvalue weighted by Gasteiger charge is 2.35. The van der Waals surface area contributed by atoms with Gasteiger partial charge in [-0.05, 0) is 170 Å². The number of benzene rings is 2. The Morgan fingerprint density at radius 1 is 0.522 bits per heavy atom. The van der Waals surface area contributed by atoms with Gasteiger partial charge in [-0.25, -0.2) is 24.0 Å². The lowest BCUT2D eigenvalue weighted by atomic mass is 9.96. The fourth-order valence-electron chi connectivity index (χ4n) is 8.59. The van der Waals surface area contributed by atoms with Gasteiger partial charge in [0.15, 0.2) is 0 Å². The van der Waals surface area contributed by atoms with E-state index >= 15 is 0 Å². The maximum Gasteiger partial charge on any atom is 0.408 e. The van der Waals surface area contributed by atoms with Gasteiger partial charge in [-0.3, -0.25) is 24.0 Å². The van der Waals surface area contributed by atoms with Gasteiger partial charge in [0.25, 0.3) is 0 Å². The van der Waals surface area contributed by atoms with Gasteiger partial charge in [-0.1, -0.05) is 30.3 Å². The van der Waals surface area contributed by atoms with Crippen LogP contribution in [-0.4, -0.2) is 178 Å². The first kappa shape index (κ1) is 76.1. The highest BCUT2D eigenvalue weighted by molar-refractivity contribution is 5.94. The molecule has 1 heterocycles. The second-order valence-electron chi connectivity index (χ2n) is 26.9. The van der Waals surface area contributed by atoms with Gasteiger partial charge < -0.3 is 92.2 Å². The van der Waals surface area contributed by atoms with Crippen molar-refractivity contribution in [1.82, 2.24) is 53.2 Å². The molecule has 1 unspecified atom stereocenters. The number of aromatic hydroxyl groups is 1. The Labute approximate surface area is 527 Å². The summed E-state index contributed by atoms with van der Waals surface area (Å²) in [5.74, 6) is -4.05. The van der Waals surface area contributed by atoms with Crippen LogP contribution in [0, 0.1) is 0 Å². The summed E-state index contributed by atoms with van der Waals surface area (Å²) in [7, 11) is 0. The van der Waals surface area contributed by atoms with E-state index in [-0.39, 0.29) is 82.4 Å². The molecule has 4 bridgehead atoms. The van der Waals surface area contributed by atoms with Gasteiger partial charge in [-0.2, -0.15) is 0 Å². The van der Waals surface area contributed by atoms with Crippen LogP contribution in [0.5, 0.6) is 5.75 Å². The van der Waals surface area contributed by atoms with E-state index in [2.05, 4.69) is 53.2 Å². The van der Waals surface area contributed by atoms with Crippen LogP contribution in [0.25, 0.3) is 11.1 Å². The van der Waals surface area contributed by atoms with Crippen molar-refractivity contribution in [2.24, 2.45) is 0 Å². The van der Waals surface area contributed by atoms with Crippen molar-refractivity contribution in [2.45, 2.75) is 226 Å². The lowest BCUT2D eigenvalue weighted by Gasteiger charge is -2.28. The molecule has 0 aromatic heterocycles. The lowest BCUT2D eigenvalue weighted by molar-refractivity contribution is -0.133. The van der Waals surface area contributed by atoms with E-state index in [4.69, 9.17) is 23.7 Å². The molecule has 2 aromatic rings. The normalized spacial score (nSPS) is 17.0. The number of amides is 10. The number of aliphatic hydroxyl groups is 2. The van der Waals surface area contributed by atoms with Gasteiger partial charge in [-0.15, -0.1) is 0 Å². The Balaban J connectivity index is 1.86. The molecule has 7 atom stereocenters. The molecule has 2 aromatic carbocycles. The van der Waals surface area contributed by atoms with Crippen molar-refractivity contribution < 1.29 is 86.9 Å². The molecule has 1 aliphatic rings. The van der Waals surface area contributed by atoms with Crippen LogP contribution in [0.4, 0.5) is 24.0 Å². The molecular weight excluding hydrogens is 1170 g/mol. The summed E-state index contributed by atoms with van der Waals surface area (Å²) in [6, 6.07) is 4.94. The average molecular weight is 1270 g/mol. The van der Waals surface area contributed by atoms with Gasteiger partial charge in [0, 0.05) is 52.0 Å². The summed E-state index contributed by atoms with van der Waals surface area (Å²) in [5.41, 5.74) is -2.43. The predicted octanol–water partition coefficient (Wildman–Crippen LogP) is 4.27. The Hall–Kier alpha value is -8.14. The molecule has 90 heavy (non-hydrogen) atoms. The summed E-state index contributed by atoms with van der Waals surface area (Å²) in [6.45, 7) is 23.7. The number of rotatable bonds is 23. The quantitative estimate of drug-likeness (QED) is 0.0546. The third kappa shape index (κ3) is 31.4. The molecule has 28 nitrogen and oxygen atoms in total. The van der Waals surface area contributed by atoms with Crippen LogP contribution in [-0.2, 0) is 60.5 Å². The second kappa shape index (κ2) is 34.2. The van der Waals surface area contributed by atoms with Gasteiger partial charge in [0.2, 0.25) is 29.5 Å². The van der Waals surface area contributed by atoms with Crippen LogP contribution in [0.2, 0.25) is 0 Å². The van der Waals surface area contributed by atoms with Crippen LogP contribution < -0.4 is 53.2 Å². The van der Waals surface area contributed by atoms with Gasteiger partial charge >= 0.3 is 30.5 Å². The largest absolute Gasteiger partial charge is 0.508 e. The molecule has 0 radical (unpaired) electrons. The second-order valence-corrected chi connectivity index (χ2v) is 26.9. The van der Waals surface area contributed by atoms with Crippen LogP contribution in [0.3, 0.4) is 0 Å². The van der Waals surface area contributed by atoms with Crippen molar-refractivity contribution >= 4 is 60.0 Å². The van der Waals surface area contributed by atoms with E-state index in [1.54, 1.807) is 140 Å². The fraction of sp³-hybridized carbons (Fsp3) is 0.645. The molecular formula is C62H98N10O18. The summed E-state index contributed by atoms with van der Waals surface area (Å²) >= 11 is 0. The number of phenolic OH excluding ortho intramolecular Hbond substituents is 1. The topological polar surface area (TPSA) is 398 Å². The molecule has 504 valence electrons. The molecule has 13 N–H and O–H groups in total. The number of alkyl carbamates (subject to hydrolysis) is 5. The number of hydrogen-bond donors (Lipinski definition) is 13. The highest BCUT2D eigenvalue weighted by Crippen LogP contribution is 2.29. The number of phenols is 1. The molecule has 0 fully saturated rings. The van der Waals surface area contributed by atoms with E-state index in [9.17, 15) is 63.3 Å². The minimum atomic E-state index is -1.62. The van der Waals surface area contributed by atoms with Crippen molar-refractivity contribution in [3.05, 3.63) is 53.6 Å². The van der Waals surface area contributed by atoms with Crippen LogP contribution in [0.1, 0.15) is 154 Å². The van der Waals surface area contributed by atoms with Gasteiger partial charge in [0.1, 0.15) is 64.0 Å². The molecule has 3 rings (SSSR count). The van der Waals surface area contributed by atoms with Crippen LogP contribution in [0.15, 0.2) is 42.5 Å². The first-order chi connectivity index (χ1) is 41.5. The zero-order valence-corrected chi connectivity index (χ0v) is 54.7. The average Bonchev–Trinajstić information content (AvgIpc) is 3.61. The molecule has 28 heteroatoms. The first-order valence-electron chi connectivity index (χ1n) is 30.2. The third-order valence-corrected chi connectivity index (χ3v) is 12.5. The van der Waals surface area contributed by atoms with E-state index in [0.29, 0.717) is 16.7 Å². The monoisotopic (exact) mass is 1270 g/mol. The van der Waals surface area contributed by atoms with Crippen molar-refractivity contribution in [3.8, 4) is 16.9 Å². The van der Waals surface area contributed by atoms with E-state index in [1.807, 2.05) is 0 Å². The van der Waals surface area contributed by atoms with Crippen molar-refractivity contribution in [3.63, 3.8) is 0 Å². The Kier molecular flexibility index (Phi) is 28.9. The number of unbranched alkanes of at least 4 members (excludes halogenated alkanes) is 1. The van der Waals surface area contributed by atoms with Crippen molar-refractivity contribution in [1.29, 1.82) is 0 Å². The number of nitrogens with one attached hydrogen (secondary N) is 10. The van der Waals surface area contributed by atoms with E-state index in [1.165, 1.54) is 6.07 Å². The number of fused-ring (bicyclic) bond motifs is 5. The number of ether oxygens (including phenoxy) is 5. The zero-order chi connectivity index (χ0) is 68.0. The summed E-state index contributed by atoms with van der Waals surface area (Å²) in [5, 5.41) is 58.8. The molecule has 0 spiro atoms. The van der Waals surface area contributed by atoms with Crippen LogP contribution >= 0.6 is 0 Å². The zero-order valence-electron chi connectivity index (χ0n) is 54.7. The predicted molar refractivity (Wildman–Crippen MR) is 332 cm³/mol. The number of carbonyl (C=O) groups excluding carboxylic acids is 10. The van der Waals surface area contributed by atoms with Crippen molar-refractivity contribution in [2.75, 3.05) is 32.7 Å². The lowest BCUT2D eigenvalue weighted by Crippen LogP contribution is -2.58. The number of hydrogen-bond acceptors (Lipinski definition) is 18. The molecule has 0 saturated carbocycles. The maximum absolute atomic E-state index is 14.6. The van der Waals surface area contributed by atoms with E-state index < -0.39 is 143 Å². The molecule has 10 amide bonds.